The van der Waals surface area contributed by atoms with Crippen LogP contribution in [0.3, 0.4) is 0 Å². The van der Waals surface area contributed by atoms with Gasteiger partial charge in [0.15, 0.2) is 0 Å². The van der Waals surface area contributed by atoms with Crippen LogP contribution in [-0.2, 0) is 6.54 Å². The molecule has 1 aromatic carbocycles. The Kier molecular flexibility index (Phi) is 4.42. The van der Waals surface area contributed by atoms with Gasteiger partial charge in [-0.3, -0.25) is 4.90 Å². The summed E-state index contributed by atoms with van der Waals surface area (Å²) < 4.78 is 42.8. The fourth-order valence-corrected chi connectivity index (χ4v) is 2.56. The van der Waals surface area contributed by atoms with Crippen molar-refractivity contribution >= 4 is 5.69 Å². The maximum atomic E-state index is 12.6. The molecule has 1 heterocycles. The number of nitrogens with two attached hydrogens (primary N) is 1. The molecule has 3 nitrogen and oxygen atoms in total. The van der Waals surface area contributed by atoms with Crippen LogP contribution in [0.2, 0.25) is 0 Å². The summed E-state index contributed by atoms with van der Waals surface area (Å²) in [7, 11) is 1.55. The molecule has 20 heavy (non-hydrogen) atoms. The number of nitrogens with zero attached hydrogens (tertiary/aromatic N) is 1. The van der Waals surface area contributed by atoms with E-state index in [9.17, 15) is 13.2 Å². The van der Waals surface area contributed by atoms with Crippen molar-refractivity contribution in [2.24, 2.45) is 5.92 Å². The van der Waals surface area contributed by atoms with Gasteiger partial charge in [0.05, 0.1) is 18.7 Å². The number of methoxy groups -OCH3 is 1. The predicted molar refractivity (Wildman–Crippen MR) is 71.5 cm³/mol. The molecule has 0 spiro atoms. The summed E-state index contributed by atoms with van der Waals surface area (Å²) in [6.07, 6.45) is -3.71. The molecule has 2 N–H and O–H groups in total. The molecule has 1 fully saturated rings. The number of nitrogen functional groups attached to an aromatic ring is 1. The Morgan fingerprint density at radius 1 is 1.30 bits per heavy atom. The molecule has 0 atom stereocenters. The standard InChI is InChI=1S/C14H19F3N2O/c1-20-13-3-2-10(8-12(13)18)9-19-6-4-11(5-7-19)14(15,16)17/h2-3,8,11H,4-7,9,18H2,1H3. The number of halogens is 3. The molecule has 1 aromatic rings. The van der Waals surface area contributed by atoms with Crippen LogP contribution in [0, 0.1) is 5.92 Å². The Morgan fingerprint density at radius 2 is 1.95 bits per heavy atom. The number of alkyl halides is 3. The van der Waals surface area contributed by atoms with Gasteiger partial charge in [-0.15, -0.1) is 0 Å². The molecule has 1 saturated heterocycles. The second-order valence-corrected chi connectivity index (χ2v) is 5.17. The molecule has 6 heteroatoms. The highest BCUT2D eigenvalue weighted by Crippen LogP contribution is 2.34. The van der Waals surface area contributed by atoms with Crippen molar-refractivity contribution in [3.63, 3.8) is 0 Å². The van der Waals surface area contributed by atoms with Crippen molar-refractivity contribution in [2.75, 3.05) is 25.9 Å². The maximum absolute atomic E-state index is 12.6. The molecule has 0 amide bonds. The van der Waals surface area contributed by atoms with Gasteiger partial charge in [0.25, 0.3) is 0 Å². The number of ether oxygens (including phenoxy) is 1. The Hall–Kier alpha value is -1.43. The molecule has 0 aliphatic carbocycles. The summed E-state index contributed by atoms with van der Waals surface area (Å²) in [4.78, 5) is 2.03. The Bertz CT molecular complexity index is 454. The van der Waals surface area contributed by atoms with Gasteiger partial charge >= 0.3 is 6.18 Å². The van der Waals surface area contributed by atoms with Crippen molar-refractivity contribution < 1.29 is 17.9 Å². The average molecular weight is 288 g/mol. The number of hydrogen-bond acceptors (Lipinski definition) is 3. The summed E-state index contributed by atoms with van der Waals surface area (Å²) in [5.41, 5.74) is 7.37. The zero-order valence-electron chi connectivity index (χ0n) is 11.4. The molecule has 1 aliphatic heterocycles. The zero-order chi connectivity index (χ0) is 14.8. The quantitative estimate of drug-likeness (QED) is 0.869. The fourth-order valence-electron chi connectivity index (χ4n) is 2.56. The lowest BCUT2D eigenvalue weighted by atomic mass is 9.96. The minimum atomic E-state index is -4.06. The predicted octanol–water partition coefficient (Wildman–Crippen LogP) is 3.05. The first-order valence-electron chi connectivity index (χ1n) is 6.61. The van der Waals surface area contributed by atoms with E-state index in [0.29, 0.717) is 31.1 Å². The van der Waals surface area contributed by atoms with Crippen LogP contribution < -0.4 is 10.5 Å². The normalized spacial score (nSPS) is 18.2. The molecule has 112 valence electrons. The third kappa shape index (κ3) is 3.56. The van der Waals surface area contributed by atoms with Crippen LogP contribution in [0.1, 0.15) is 18.4 Å². The van der Waals surface area contributed by atoms with Crippen molar-refractivity contribution in [3.05, 3.63) is 23.8 Å². The summed E-state index contributed by atoms with van der Waals surface area (Å²) in [5.74, 6) is -0.538. The topological polar surface area (TPSA) is 38.5 Å². The fraction of sp³-hybridized carbons (Fsp3) is 0.571. The van der Waals surface area contributed by atoms with Crippen LogP contribution >= 0.6 is 0 Å². The summed E-state index contributed by atoms with van der Waals surface area (Å²) in [6.45, 7) is 1.56. The minimum absolute atomic E-state index is 0.176. The monoisotopic (exact) mass is 288 g/mol. The molecule has 0 unspecified atom stereocenters. The molecule has 0 aromatic heterocycles. The number of piperidine rings is 1. The summed E-state index contributed by atoms with van der Waals surface area (Å²) in [6, 6.07) is 5.49. The number of hydrogen-bond donors (Lipinski definition) is 1. The Morgan fingerprint density at radius 3 is 2.45 bits per heavy atom. The van der Waals surface area contributed by atoms with E-state index in [1.807, 2.05) is 17.0 Å². The molecule has 0 saturated carbocycles. The molecule has 2 rings (SSSR count). The number of likely N-dealkylation sites (tertiary alicyclic amines) is 1. The van der Waals surface area contributed by atoms with E-state index >= 15 is 0 Å². The third-order valence-corrected chi connectivity index (χ3v) is 3.75. The van der Waals surface area contributed by atoms with E-state index in [2.05, 4.69) is 0 Å². The van der Waals surface area contributed by atoms with Crippen LogP contribution in [0.15, 0.2) is 18.2 Å². The smallest absolute Gasteiger partial charge is 0.391 e. The van der Waals surface area contributed by atoms with E-state index in [4.69, 9.17) is 10.5 Å². The number of rotatable bonds is 3. The van der Waals surface area contributed by atoms with Crippen molar-refractivity contribution in [3.8, 4) is 5.75 Å². The van der Waals surface area contributed by atoms with Gasteiger partial charge in [0, 0.05) is 6.54 Å². The maximum Gasteiger partial charge on any atom is 0.391 e. The first kappa shape index (κ1) is 15.0. The minimum Gasteiger partial charge on any atom is -0.495 e. The van der Waals surface area contributed by atoms with Crippen molar-refractivity contribution in [2.45, 2.75) is 25.6 Å². The van der Waals surface area contributed by atoms with Crippen LogP contribution in [0.5, 0.6) is 5.75 Å². The lowest BCUT2D eigenvalue weighted by Gasteiger charge is -2.32. The van der Waals surface area contributed by atoms with Crippen LogP contribution in [0.25, 0.3) is 0 Å². The van der Waals surface area contributed by atoms with Crippen molar-refractivity contribution in [1.29, 1.82) is 0 Å². The molecular weight excluding hydrogens is 269 g/mol. The van der Waals surface area contributed by atoms with Gasteiger partial charge in [-0.2, -0.15) is 13.2 Å². The highest BCUT2D eigenvalue weighted by atomic mass is 19.4. The third-order valence-electron chi connectivity index (χ3n) is 3.75. The summed E-state index contributed by atoms with van der Waals surface area (Å²) in [5, 5.41) is 0. The number of benzene rings is 1. The first-order chi connectivity index (χ1) is 9.40. The van der Waals surface area contributed by atoms with Gasteiger partial charge in [0.1, 0.15) is 5.75 Å². The first-order valence-corrected chi connectivity index (χ1v) is 6.61. The SMILES string of the molecule is COc1ccc(CN2CCC(C(F)(F)F)CC2)cc1N. The lowest BCUT2D eigenvalue weighted by Crippen LogP contribution is -2.38. The van der Waals surface area contributed by atoms with Gasteiger partial charge in [-0.05, 0) is 43.6 Å². The highest BCUT2D eigenvalue weighted by Gasteiger charge is 2.40. The Labute approximate surface area is 116 Å². The van der Waals surface area contributed by atoms with Gasteiger partial charge in [-0.25, -0.2) is 0 Å². The highest BCUT2D eigenvalue weighted by molar-refractivity contribution is 5.54. The molecule has 0 radical (unpaired) electrons. The van der Waals surface area contributed by atoms with Gasteiger partial charge < -0.3 is 10.5 Å². The van der Waals surface area contributed by atoms with E-state index < -0.39 is 12.1 Å². The van der Waals surface area contributed by atoms with Gasteiger partial charge in [0.2, 0.25) is 0 Å². The zero-order valence-corrected chi connectivity index (χ0v) is 11.4. The molecule has 0 bridgehead atoms. The summed E-state index contributed by atoms with van der Waals surface area (Å²) >= 11 is 0. The molecule has 1 aliphatic rings. The lowest BCUT2D eigenvalue weighted by molar-refractivity contribution is -0.185. The van der Waals surface area contributed by atoms with Crippen molar-refractivity contribution in [1.82, 2.24) is 4.90 Å². The molecular formula is C14H19F3N2O. The van der Waals surface area contributed by atoms with E-state index in [-0.39, 0.29) is 12.8 Å². The second-order valence-electron chi connectivity index (χ2n) is 5.17. The van der Waals surface area contributed by atoms with Crippen LogP contribution in [-0.4, -0.2) is 31.3 Å². The average Bonchev–Trinajstić information content (AvgIpc) is 2.38. The second kappa shape index (κ2) is 5.91. The largest absolute Gasteiger partial charge is 0.495 e. The van der Waals surface area contributed by atoms with Crippen LogP contribution in [0.4, 0.5) is 18.9 Å². The Balaban J connectivity index is 1.91. The van der Waals surface area contributed by atoms with E-state index in [1.54, 1.807) is 13.2 Å². The van der Waals surface area contributed by atoms with E-state index in [1.165, 1.54) is 0 Å². The van der Waals surface area contributed by atoms with E-state index in [0.717, 1.165) is 5.56 Å². The number of anilines is 1. The van der Waals surface area contributed by atoms with Gasteiger partial charge in [-0.1, -0.05) is 6.07 Å².